The van der Waals surface area contributed by atoms with Gasteiger partial charge in [-0.3, -0.25) is 4.79 Å². The molecule has 0 radical (unpaired) electrons. The van der Waals surface area contributed by atoms with Gasteiger partial charge in [0.1, 0.15) is 0 Å². The van der Waals surface area contributed by atoms with E-state index < -0.39 is 4.52 Å². The van der Waals surface area contributed by atoms with E-state index in [-0.39, 0.29) is 5.78 Å². The van der Waals surface area contributed by atoms with Crippen molar-refractivity contribution in [2.24, 2.45) is 0 Å². The number of ketones is 1. The van der Waals surface area contributed by atoms with Gasteiger partial charge in [-0.25, -0.2) is 0 Å². The highest BCUT2D eigenvalue weighted by atomic mass is 35.5. The zero-order valence-electron chi connectivity index (χ0n) is 9.61. The minimum absolute atomic E-state index is 0.143. The molecule has 2 aromatic carbocycles. The van der Waals surface area contributed by atoms with Crippen molar-refractivity contribution in [2.45, 2.75) is 4.52 Å². The van der Waals surface area contributed by atoms with Gasteiger partial charge in [-0.2, -0.15) is 0 Å². The first-order valence-corrected chi connectivity index (χ1v) is 6.52. The summed E-state index contributed by atoms with van der Waals surface area (Å²) in [4.78, 5) is 12.1. The molecule has 0 saturated heterocycles. The van der Waals surface area contributed by atoms with Crippen molar-refractivity contribution in [2.75, 3.05) is 0 Å². The number of carbonyl (C=O) groups is 1. The average molecular weight is 316 g/mol. The van der Waals surface area contributed by atoms with E-state index in [1.807, 2.05) is 0 Å². The molecule has 2 nitrogen and oxygen atoms in total. The average Bonchev–Trinajstić information content (AvgIpc) is 2.38. The van der Waals surface area contributed by atoms with Gasteiger partial charge in [-0.1, -0.05) is 59.1 Å². The second kappa shape index (κ2) is 5.51. The number of aliphatic hydroxyl groups is 1. The number of rotatable bonds is 3. The molecule has 0 aliphatic carbocycles. The topological polar surface area (TPSA) is 37.3 Å². The molecule has 0 atom stereocenters. The monoisotopic (exact) mass is 314 g/mol. The van der Waals surface area contributed by atoms with Crippen LogP contribution in [0.1, 0.15) is 21.5 Å². The van der Waals surface area contributed by atoms with Crippen LogP contribution in [0.5, 0.6) is 0 Å². The zero-order valence-corrected chi connectivity index (χ0v) is 11.9. The van der Waals surface area contributed by atoms with E-state index in [2.05, 4.69) is 0 Å². The SMILES string of the molecule is O=C(c1ccc(Cl)cc1)c1ccc(C(O)(Cl)Cl)cc1. The zero-order chi connectivity index (χ0) is 14.0. The minimum Gasteiger partial charge on any atom is -0.359 e. The molecule has 0 saturated carbocycles. The van der Waals surface area contributed by atoms with E-state index in [0.29, 0.717) is 21.7 Å². The maximum atomic E-state index is 12.1. The van der Waals surface area contributed by atoms with Crippen LogP contribution in [0.25, 0.3) is 0 Å². The van der Waals surface area contributed by atoms with E-state index in [1.165, 1.54) is 12.1 Å². The van der Waals surface area contributed by atoms with Gasteiger partial charge in [0.2, 0.25) is 4.52 Å². The summed E-state index contributed by atoms with van der Waals surface area (Å²) in [6.45, 7) is 0. The van der Waals surface area contributed by atoms with Crippen molar-refractivity contribution in [1.82, 2.24) is 0 Å². The molecule has 0 aliphatic heterocycles. The largest absolute Gasteiger partial charge is 0.359 e. The summed E-state index contributed by atoms with van der Waals surface area (Å²) in [7, 11) is 0. The van der Waals surface area contributed by atoms with Crippen molar-refractivity contribution in [1.29, 1.82) is 0 Å². The summed E-state index contributed by atoms with van der Waals surface area (Å²) in [5, 5.41) is 9.97. The van der Waals surface area contributed by atoms with Crippen molar-refractivity contribution < 1.29 is 9.90 Å². The Hall–Kier alpha value is -1.06. The third-order valence-electron chi connectivity index (χ3n) is 2.60. The van der Waals surface area contributed by atoms with Gasteiger partial charge in [0.05, 0.1) is 0 Å². The highest BCUT2D eigenvalue weighted by Gasteiger charge is 2.22. The molecular weight excluding hydrogens is 307 g/mol. The number of hydrogen-bond donors (Lipinski definition) is 1. The molecule has 98 valence electrons. The molecule has 19 heavy (non-hydrogen) atoms. The van der Waals surface area contributed by atoms with E-state index in [4.69, 9.17) is 34.8 Å². The molecule has 0 aliphatic rings. The Morgan fingerprint density at radius 3 is 1.74 bits per heavy atom. The normalized spacial score (nSPS) is 11.4. The molecule has 2 aromatic rings. The van der Waals surface area contributed by atoms with Crippen LogP contribution in [0, 0.1) is 0 Å². The molecule has 0 bridgehead atoms. The van der Waals surface area contributed by atoms with Crippen LogP contribution < -0.4 is 0 Å². The van der Waals surface area contributed by atoms with Gasteiger partial charge in [0, 0.05) is 21.7 Å². The Balaban J connectivity index is 2.27. The van der Waals surface area contributed by atoms with E-state index in [1.54, 1.807) is 36.4 Å². The highest BCUT2D eigenvalue weighted by molar-refractivity contribution is 6.46. The number of benzene rings is 2. The smallest absolute Gasteiger partial charge is 0.241 e. The molecule has 1 N–H and O–H groups in total. The van der Waals surface area contributed by atoms with Crippen molar-refractivity contribution in [3.8, 4) is 0 Å². The maximum absolute atomic E-state index is 12.1. The fourth-order valence-corrected chi connectivity index (χ4v) is 1.97. The van der Waals surface area contributed by atoms with Crippen molar-refractivity contribution >= 4 is 40.6 Å². The van der Waals surface area contributed by atoms with Crippen LogP contribution in [0.3, 0.4) is 0 Å². The number of hydrogen-bond acceptors (Lipinski definition) is 2. The second-order valence-electron chi connectivity index (χ2n) is 3.95. The fourth-order valence-electron chi connectivity index (χ4n) is 1.59. The fraction of sp³-hybridized carbons (Fsp3) is 0.0714. The van der Waals surface area contributed by atoms with E-state index in [9.17, 15) is 9.90 Å². The van der Waals surface area contributed by atoms with E-state index in [0.717, 1.165) is 0 Å². The Labute approximate surface area is 125 Å². The lowest BCUT2D eigenvalue weighted by Gasteiger charge is -2.12. The third kappa shape index (κ3) is 3.48. The Bertz CT molecular complexity index is 584. The third-order valence-corrected chi connectivity index (χ3v) is 3.29. The molecule has 0 fully saturated rings. The first-order chi connectivity index (χ1) is 8.88. The van der Waals surface area contributed by atoms with Gasteiger partial charge in [0.25, 0.3) is 0 Å². The summed E-state index contributed by atoms with van der Waals surface area (Å²) < 4.78 is -1.96. The number of carbonyl (C=O) groups excluding carboxylic acids is 1. The van der Waals surface area contributed by atoms with Gasteiger partial charge < -0.3 is 5.11 Å². The Kier molecular flexibility index (Phi) is 4.16. The maximum Gasteiger partial charge on any atom is 0.241 e. The molecule has 0 spiro atoms. The summed E-state index contributed by atoms with van der Waals surface area (Å²) in [5.74, 6) is -0.143. The highest BCUT2D eigenvalue weighted by Crippen LogP contribution is 2.30. The molecule has 5 heteroatoms. The molecule has 0 aromatic heterocycles. The van der Waals surface area contributed by atoms with Gasteiger partial charge in [-0.05, 0) is 24.3 Å². The summed E-state index contributed by atoms with van der Waals surface area (Å²) in [6.07, 6.45) is 0. The quantitative estimate of drug-likeness (QED) is 0.682. The van der Waals surface area contributed by atoms with Crippen LogP contribution in [0.4, 0.5) is 0 Å². The summed E-state index contributed by atoms with van der Waals surface area (Å²) >= 11 is 16.9. The van der Waals surface area contributed by atoms with Crippen LogP contribution >= 0.6 is 34.8 Å². The van der Waals surface area contributed by atoms with Crippen LogP contribution in [0.15, 0.2) is 48.5 Å². The van der Waals surface area contributed by atoms with Crippen LogP contribution in [0.2, 0.25) is 5.02 Å². The molecular formula is C14H9Cl3O2. The van der Waals surface area contributed by atoms with Crippen LogP contribution in [-0.4, -0.2) is 10.9 Å². The first kappa shape index (κ1) is 14.4. The number of alkyl halides is 2. The first-order valence-electron chi connectivity index (χ1n) is 5.39. The van der Waals surface area contributed by atoms with Crippen molar-refractivity contribution in [3.05, 3.63) is 70.2 Å². The lowest BCUT2D eigenvalue weighted by Crippen LogP contribution is -2.09. The predicted octanol–water partition coefficient (Wildman–Crippen LogP) is 4.15. The molecule has 0 amide bonds. The second-order valence-corrected chi connectivity index (χ2v) is 5.68. The Morgan fingerprint density at radius 1 is 0.895 bits per heavy atom. The van der Waals surface area contributed by atoms with Crippen LogP contribution in [-0.2, 0) is 4.52 Å². The lowest BCUT2D eigenvalue weighted by molar-refractivity contribution is 0.103. The number of halogens is 3. The summed E-state index contributed by atoms with van der Waals surface area (Å²) in [6, 6.07) is 12.7. The van der Waals surface area contributed by atoms with Gasteiger partial charge in [-0.15, -0.1) is 0 Å². The van der Waals surface area contributed by atoms with Gasteiger partial charge in [0.15, 0.2) is 5.78 Å². The van der Waals surface area contributed by atoms with Gasteiger partial charge >= 0.3 is 0 Å². The minimum atomic E-state index is -1.96. The predicted molar refractivity (Wildman–Crippen MR) is 76.9 cm³/mol. The molecule has 2 rings (SSSR count). The van der Waals surface area contributed by atoms with E-state index >= 15 is 0 Å². The van der Waals surface area contributed by atoms with Crippen molar-refractivity contribution in [3.63, 3.8) is 0 Å². The Morgan fingerprint density at radius 2 is 1.32 bits per heavy atom. The molecule has 0 unspecified atom stereocenters. The standard InChI is InChI=1S/C14H9Cl3O2/c15-12-7-3-10(4-8-12)13(18)9-1-5-11(6-2-9)14(16,17)19/h1-8,19H. The molecule has 0 heterocycles. The lowest BCUT2D eigenvalue weighted by atomic mass is 10.0. The summed E-state index contributed by atoms with van der Waals surface area (Å²) in [5.41, 5.74) is 1.32.